The molecule has 0 unspecified atom stereocenters. The Bertz CT molecular complexity index is 1180. The van der Waals surface area contributed by atoms with Crippen LogP contribution in [0.3, 0.4) is 0 Å². The quantitative estimate of drug-likeness (QED) is 0.738. The monoisotopic (exact) mass is 416 g/mol. The van der Waals surface area contributed by atoms with Crippen LogP contribution in [-0.4, -0.2) is 11.8 Å². The summed E-state index contributed by atoms with van der Waals surface area (Å²) in [6.07, 6.45) is -4.57. The lowest BCUT2D eigenvalue weighted by atomic mass is 9.98. The van der Waals surface area contributed by atoms with Crippen molar-refractivity contribution in [2.75, 3.05) is 0 Å². The number of carbonyl (C=O) groups excluding carboxylic acids is 2. The maximum atomic E-state index is 13.2. The van der Waals surface area contributed by atoms with E-state index < -0.39 is 30.2 Å². The van der Waals surface area contributed by atoms with Crippen molar-refractivity contribution in [3.8, 4) is 0 Å². The molecule has 2 aliphatic rings. The Morgan fingerprint density at radius 2 is 1.27 bits per heavy atom. The van der Waals surface area contributed by atoms with Gasteiger partial charge in [0, 0.05) is 0 Å². The average molecular weight is 416 g/mol. The maximum absolute atomic E-state index is 13.2. The minimum absolute atomic E-state index is 0.0166. The lowest BCUT2D eigenvalue weighted by molar-refractivity contribution is -0.137. The van der Waals surface area contributed by atoms with E-state index in [9.17, 15) is 27.2 Å². The molecule has 2 aliphatic heterocycles. The second-order valence-electron chi connectivity index (χ2n) is 7.33. The third-order valence-electron chi connectivity index (χ3n) is 4.95. The first-order valence-corrected chi connectivity index (χ1v) is 9.06. The van der Waals surface area contributed by atoms with Gasteiger partial charge >= 0.3 is 6.18 Å². The number of carbonyl (C=O) groups is 2. The van der Waals surface area contributed by atoms with E-state index in [1.165, 1.54) is 19.1 Å². The summed E-state index contributed by atoms with van der Waals surface area (Å²) in [4.78, 5) is 25.4. The summed E-state index contributed by atoms with van der Waals surface area (Å²) in [5, 5.41) is 5.15. The van der Waals surface area contributed by atoms with E-state index in [4.69, 9.17) is 0 Å². The summed E-state index contributed by atoms with van der Waals surface area (Å²) in [5.74, 6) is -1.21. The molecule has 0 spiro atoms. The van der Waals surface area contributed by atoms with Gasteiger partial charge in [0.15, 0.2) is 0 Å². The van der Waals surface area contributed by atoms with Crippen LogP contribution in [0.5, 0.6) is 0 Å². The van der Waals surface area contributed by atoms with Crippen molar-refractivity contribution in [3.63, 3.8) is 0 Å². The fraction of sp³-hybridized carbons (Fsp3) is 0.182. The summed E-state index contributed by atoms with van der Waals surface area (Å²) < 4.78 is 52.8. The zero-order valence-electron chi connectivity index (χ0n) is 16.0. The van der Waals surface area contributed by atoms with Crippen molar-refractivity contribution >= 4 is 23.2 Å². The number of amides is 2. The van der Waals surface area contributed by atoms with E-state index in [0.29, 0.717) is 16.7 Å². The molecule has 30 heavy (non-hydrogen) atoms. The van der Waals surface area contributed by atoms with Gasteiger partial charge in [-0.2, -0.15) is 13.2 Å². The summed E-state index contributed by atoms with van der Waals surface area (Å²) in [6, 6.07) is 8.24. The van der Waals surface area contributed by atoms with Gasteiger partial charge in [-0.25, -0.2) is 4.39 Å². The summed E-state index contributed by atoms with van der Waals surface area (Å²) in [6.45, 7) is 2.55. The van der Waals surface area contributed by atoms with Crippen molar-refractivity contribution in [2.24, 2.45) is 0 Å². The van der Waals surface area contributed by atoms with Gasteiger partial charge in [0.05, 0.1) is 28.1 Å². The molecule has 154 valence electrons. The molecular weight excluding hydrogens is 400 g/mol. The zero-order chi connectivity index (χ0) is 21.8. The summed E-state index contributed by atoms with van der Waals surface area (Å²) >= 11 is 0. The number of halogens is 4. The highest BCUT2D eigenvalue weighted by Crippen LogP contribution is 2.39. The van der Waals surface area contributed by atoms with Crippen LogP contribution >= 0.6 is 0 Å². The molecule has 2 aromatic carbocycles. The first kappa shape index (κ1) is 19.9. The Morgan fingerprint density at radius 1 is 0.767 bits per heavy atom. The smallest absolute Gasteiger partial charge is 0.321 e. The van der Waals surface area contributed by atoms with Crippen LogP contribution in [0.4, 0.5) is 17.6 Å². The number of rotatable bonds is 3. The number of benzene rings is 2. The highest BCUT2D eigenvalue weighted by atomic mass is 19.4. The van der Waals surface area contributed by atoms with Crippen LogP contribution in [0.2, 0.25) is 0 Å². The number of fused-ring (bicyclic) bond motifs is 1. The fourth-order valence-corrected chi connectivity index (χ4v) is 3.79. The van der Waals surface area contributed by atoms with E-state index in [-0.39, 0.29) is 28.1 Å². The van der Waals surface area contributed by atoms with Gasteiger partial charge in [-0.05, 0) is 66.4 Å². The molecule has 0 fully saturated rings. The summed E-state index contributed by atoms with van der Waals surface area (Å²) in [5.41, 5.74) is 1.40. The molecule has 4 rings (SSSR count). The molecule has 0 saturated heterocycles. The SMILES string of the molecule is Cc1cc(CF)cc(C2=C3C(=O)NC(c4cc(C)cc(C(F)(F)F)c4)=C3C(=O)N2)c1. The van der Waals surface area contributed by atoms with Gasteiger partial charge in [0.1, 0.15) is 6.67 Å². The van der Waals surface area contributed by atoms with Crippen LogP contribution in [0, 0.1) is 13.8 Å². The van der Waals surface area contributed by atoms with Crippen LogP contribution in [0.15, 0.2) is 47.5 Å². The third-order valence-corrected chi connectivity index (χ3v) is 4.95. The molecule has 0 aromatic heterocycles. The standard InChI is InChI=1S/C22H16F4N2O2/c1-10-3-12(9-23)7-13(4-10)18-16-17(21(30)27-18)19(28-20(16)29)14-5-11(2)6-15(8-14)22(24,25)26/h3-8H,9H2,1-2H3,(H,27,30)(H,28,29). The van der Waals surface area contributed by atoms with Crippen LogP contribution in [0.25, 0.3) is 11.4 Å². The van der Waals surface area contributed by atoms with E-state index in [1.807, 2.05) is 0 Å². The van der Waals surface area contributed by atoms with Gasteiger partial charge in [-0.15, -0.1) is 0 Å². The predicted molar refractivity (Wildman–Crippen MR) is 102 cm³/mol. The highest BCUT2D eigenvalue weighted by molar-refractivity contribution is 6.30. The van der Waals surface area contributed by atoms with E-state index in [1.54, 1.807) is 19.1 Å². The number of alkyl halides is 4. The van der Waals surface area contributed by atoms with Gasteiger partial charge in [-0.3, -0.25) is 9.59 Å². The second kappa shape index (κ2) is 6.83. The Labute approximate surface area is 169 Å². The Hall–Kier alpha value is -3.42. The molecular formula is C22H16F4N2O2. The molecule has 0 atom stereocenters. The van der Waals surface area contributed by atoms with Gasteiger partial charge in [-0.1, -0.05) is 11.6 Å². The number of hydrogen-bond donors (Lipinski definition) is 2. The second-order valence-corrected chi connectivity index (χ2v) is 7.33. The molecule has 0 radical (unpaired) electrons. The predicted octanol–water partition coefficient (Wildman–Crippen LogP) is 4.17. The maximum Gasteiger partial charge on any atom is 0.416 e. The number of nitrogens with one attached hydrogen (secondary N) is 2. The normalized spacial score (nSPS) is 16.2. The third kappa shape index (κ3) is 3.28. The van der Waals surface area contributed by atoms with Gasteiger partial charge in [0.25, 0.3) is 11.8 Å². The van der Waals surface area contributed by atoms with E-state index in [2.05, 4.69) is 10.6 Å². The molecule has 8 heteroatoms. The largest absolute Gasteiger partial charge is 0.416 e. The van der Waals surface area contributed by atoms with Crippen LogP contribution < -0.4 is 10.6 Å². The van der Waals surface area contributed by atoms with E-state index in [0.717, 1.165) is 17.7 Å². The summed E-state index contributed by atoms with van der Waals surface area (Å²) in [7, 11) is 0. The number of aryl methyl sites for hydroxylation is 2. The van der Waals surface area contributed by atoms with Crippen molar-refractivity contribution in [1.29, 1.82) is 0 Å². The molecule has 4 nitrogen and oxygen atoms in total. The van der Waals surface area contributed by atoms with Crippen molar-refractivity contribution in [3.05, 3.63) is 80.9 Å². The molecule has 0 aliphatic carbocycles. The molecule has 2 heterocycles. The molecule has 0 saturated carbocycles. The average Bonchev–Trinajstić information content (AvgIpc) is 3.19. The van der Waals surface area contributed by atoms with E-state index >= 15 is 0 Å². The fourth-order valence-electron chi connectivity index (χ4n) is 3.79. The molecule has 2 N–H and O–H groups in total. The highest BCUT2D eigenvalue weighted by Gasteiger charge is 2.41. The molecule has 0 bridgehead atoms. The van der Waals surface area contributed by atoms with Gasteiger partial charge < -0.3 is 10.6 Å². The Kier molecular flexibility index (Phi) is 4.52. The van der Waals surface area contributed by atoms with Crippen molar-refractivity contribution in [2.45, 2.75) is 26.7 Å². The zero-order valence-corrected chi connectivity index (χ0v) is 16.0. The van der Waals surface area contributed by atoms with Crippen LogP contribution in [-0.2, 0) is 22.4 Å². The minimum atomic E-state index is -4.57. The van der Waals surface area contributed by atoms with Crippen molar-refractivity contribution < 1.29 is 27.2 Å². The first-order chi connectivity index (χ1) is 14.1. The lowest BCUT2D eigenvalue weighted by Gasteiger charge is -2.12. The molecule has 2 amide bonds. The Balaban J connectivity index is 1.91. The van der Waals surface area contributed by atoms with Crippen molar-refractivity contribution in [1.82, 2.24) is 10.6 Å². The lowest BCUT2D eigenvalue weighted by Crippen LogP contribution is -2.21. The Morgan fingerprint density at radius 3 is 1.77 bits per heavy atom. The number of hydrogen-bond acceptors (Lipinski definition) is 2. The topological polar surface area (TPSA) is 58.2 Å². The van der Waals surface area contributed by atoms with Gasteiger partial charge in [0.2, 0.25) is 0 Å². The minimum Gasteiger partial charge on any atom is -0.321 e. The molecule has 2 aromatic rings. The van der Waals surface area contributed by atoms with Crippen LogP contribution in [0.1, 0.15) is 33.4 Å². The first-order valence-electron chi connectivity index (χ1n) is 9.06.